The number of carbonyl (C=O) groups excluding carboxylic acids is 3. The van der Waals surface area contributed by atoms with Crippen molar-refractivity contribution in [3.63, 3.8) is 0 Å². The zero-order valence-electron chi connectivity index (χ0n) is 24.3. The number of hydrogen-bond acceptors (Lipinski definition) is 8. The number of hydrogen-bond donors (Lipinski definition) is 2. The smallest absolute Gasteiger partial charge is 0.321 e. The molecule has 0 radical (unpaired) electrons. The van der Waals surface area contributed by atoms with Gasteiger partial charge in [-0.3, -0.25) is 19.2 Å². The van der Waals surface area contributed by atoms with E-state index in [1.165, 1.54) is 12.1 Å². The minimum absolute atomic E-state index is 0.00979. The van der Waals surface area contributed by atoms with Gasteiger partial charge in [0.1, 0.15) is 12.1 Å². The number of ether oxygens (including phenoxy) is 3. The summed E-state index contributed by atoms with van der Waals surface area (Å²) in [4.78, 5) is 49.3. The van der Waals surface area contributed by atoms with E-state index in [2.05, 4.69) is 0 Å². The first-order valence-electron chi connectivity index (χ1n) is 13.1. The van der Waals surface area contributed by atoms with E-state index < -0.39 is 41.9 Å². The molecule has 214 valence electrons. The molecule has 0 saturated carbocycles. The van der Waals surface area contributed by atoms with Gasteiger partial charge in [-0.25, -0.2) is 0 Å². The Balaban J connectivity index is 3.50. The molecule has 0 spiro atoms. The lowest BCUT2D eigenvalue weighted by Gasteiger charge is -2.32. The van der Waals surface area contributed by atoms with Crippen molar-refractivity contribution in [2.45, 2.75) is 106 Å². The molecular formula is C29H45NO8. The molecule has 0 fully saturated rings. The van der Waals surface area contributed by atoms with Gasteiger partial charge in [0.15, 0.2) is 11.5 Å². The second kappa shape index (κ2) is 13.7. The molecule has 0 heterocycles. The molecule has 3 unspecified atom stereocenters. The molecule has 0 aliphatic rings. The topological polar surface area (TPSA) is 142 Å². The molecule has 1 aromatic rings. The van der Waals surface area contributed by atoms with Gasteiger partial charge < -0.3 is 25.1 Å². The molecule has 0 bridgehead atoms. The third kappa shape index (κ3) is 11.2. The van der Waals surface area contributed by atoms with E-state index in [4.69, 9.17) is 19.9 Å². The van der Waals surface area contributed by atoms with Gasteiger partial charge in [0, 0.05) is 18.3 Å². The summed E-state index contributed by atoms with van der Waals surface area (Å²) in [5.74, 6) is -3.93. The SMILES string of the molecule is CCCC(=O)OC(C)C(C)C(c1ccc(OC(=O)CC(C)(C)C)c(OC(=O)CC(C)(C)C)c1)[C@H](N)C(=O)O. The maximum atomic E-state index is 12.7. The van der Waals surface area contributed by atoms with Crippen molar-refractivity contribution in [2.24, 2.45) is 22.5 Å². The summed E-state index contributed by atoms with van der Waals surface area (Å²) in [7, 11) is 0. The van der Waals surface area contributed by atoms with E-state index in [-0.39, 0.29) is 47.6 Å². The fraction of sp³-hybridized carbons (Fsp3) is 0.655. The van der Waals surface area contributed by atoms with Crippen LogP contribution in [-0.4, -0.2) is 41.1 Å². The number of nitrogens with two attached hydrogens (primary N) is 1. The molecule has 1 rings (SSSR count). The highest BCUT2D eigenvalue weighted by Gasteiger charge is 2.36. The van der Waals surface area contributed by atoms with Gasteiger partial charge in [0.05, 0.1) is 12.8 Å². The van der Waals surface area contributed by atoms with Gasteiger partial charge in [-0.15, -0.1) is 0 Å². The predicted molar refractivity (Wildman–Crippen MR) is 144 cm³/mol. The van der Waals surface area contributed by atoms with Gasteiger partial charge in [0.25, 0.3) is 0 Å². The van der Waals surface area contributed by atoms with Gasteiger partial charge >= 0.3 is 23.9 Å². The van der Waals surface area contributed by atoms with Crippen LogP contribution in [0.3, 0.4) is 0 Å². The molecular weight excluding hydrogens is 490 g/mol. The number of carboxylic acids is 1. The monoisotopic (exact) mass is 535 g/mol. The van der Waals surface area contributed by atoms with Gasteiger partial charge in [0.2, 0.25) is 0 Å². The lowest BCUT2D eigenvalue weighted by atomic mass is 9.79. The molecule has 4 atom stereocenters. The van der Waals surface area contributed by atoms with Crippen LogP contribution in [0, 0.1) is 16.7 Å². The van der Waals surface area contributed by atoms with Crippen molar-refractivity contribution in [1.82, 2.24) is 0 Å². The summed E-state index contributed by atoms with van der Waals surface area (Å²) < 4.78 is 16.7. The van der Waals surface area contributed by atoms with Crippen molar-refractivity contribution in [2.75, 3.05) is 0 Å². The average Bonchev–Trinajstić information content (AvgIpc) is 2.72. The van der Waals surface area contributed by atoms with Crippen LogP contribution in [0.15, 0.2) is 18.2 Å². The normalized spacial score (nSPS) is 15.1. The van der Waals surface area contributed by atoms with Crippen molar-refractivity contribution in [3.05, 3.63) is 23.8 Å². The van der Waals surface area contributed by atoms with E-state index in [0.717, 1.165) is 0 Å². The number of rotatable bonds is 12. The standard InChI is InChI=1S/C29H45NO8/c1-10-11-22(31)36-18(3)17(2)25(26(30)27(34)35)19-12-13-20(37-23(32)15-28(4,5)6)21(14-19)38-24(33)16-29(7,8)9/h12-14,17-18,25-26H,10-11,15-16,30H2,1-9H3,(H,34,35)/t17?,18?,25?,26-/m0/s1. The Morgan fingerprint density at radius 2 is 1.37 bits per heavy atom. The molecule has 0 aliphatic heterocycles. The minimum atomic E-state index is -1.34. The first-order valence-corrected chi connectivity index (χ1v) is 13.1. The summed E-state index contributed by atoms with van der Waals surface area (Å²) in [6.07, 6.45) is 0.465. The average molecular weight is 536 g/mol. The van der Waals surface area contributed by atoms with Gasteiger partial charge in [-0.1, -0.05) is 61.5 Å². The summed E-state index contributed by atoms with van der Waals surface area (Å²) in [5.41, 5.74) is 5.89. The molecule has 0 aliphatic carbocycles. The van der Waals surface area contributed by atoms with Crippen molar-refractivity contribution in [3.8, 4) is 11.5 Å². The third-order valence-corrected chi connectivity index (χ3v) is 5.90. The molecule has 0 saturated heterocycles. The summed E-state index contributed by atoms with van der Waals surface area (Å²) in [6.45, 7) is 16.7. The molecule has 38 heavy (non-hydrogen) atoms. The molecule has 9 nitrogen and oxygen atoms in total. The van der Waals surface area contributed by atoms with Gasteiger partial charge in [-0.05, 0) is 41.9 Å². The second-order valence-electron chi connectivity index (χ2n) is 12.3. The second-order valence-corrected chi connectivity index (χ2v) is 12.3. The van der Waals surface area contributed by atoms with E-state index in [1.54, 1.807) is 19.9 Å². The van der Waals surface area contributed by atoms with E-state index in [9.17, 15) is 24.3 Å². The highest BCUT2D eigenvalue weighted by atomic mass is 16.6. The Hall–Kier alpha value is -2.94. The summed E-state index contributed by atoms with van der Waals surface area (Å²) >= 11 is 0. The maximum Gasteiger partial charge on any atom is 0.321 e. The first kappa shape index (κ1) is 33.1. The Morgan fingerprint density at radius 3 is 1.82 bits per heavy atom. The van der Waals surface area contributed by atoms with Crippen LogP contribution in [0.25, 0.3) is 0 Å². The highest BCUT2D eigenvalue weighted by molar-refractivity contribution is 5.78. The van der Waals surface area contributed by atoms with Crippen LogP contribution in [0.1, 0.15) is 99.5 Å². The largest absolute Gasteiger partial charge is 0.480 e. The lowest BCUT2D eigenvalue weighted by Crippen LogP contribution is -2.42. The zero-order valence-corrected chi connectivity index (χ0v) is 24.3. The number of carboxylic acid groups (broad SMARTS) is 1. The van der Waals surface area contributed by atoms with Gasteiger partial charge in [-0.2, -0.15) is 0 Å². The number of benzene rings is 1. The fourth-order valence-corrected chi connectivity index (χ4v) is 3.94. The van der Waals surface area contributed by atoms with Crippen LogP contribution in [0.2, 0.25) is 0 Å². The Bertz CT molecular complexity index is 989. The minimum Gasteiger partial charge on any atom is -0.480 e. The molecule has 0 amide bonds. The third-order valence-electron chi connectivity index (χ3n) is 5.90. The Morgan fingerprint density at radius 1 is 0.868 bits per heavy atom. The maximum absolute atomic E-state index is 12.7. The quantitative estimate of drug-likeness (QED) is 0.271. The predicted octanol–water partition coefficient (Wildman–Crippen LogP) is 5.23. The Labute approximate surface area is 226 Å². The van der Waals surface area contributed by atoms with Crippen molar-refractivity contribution >= 4 is 23.9 Å². The Kier molecular flexibility index (Phi) is 12.0. The lowest BCUT2D eigenvalue weighted by molar-refractivity contribution is -0.151. The molecule has 3 N–H and O–H groups in total. The molecule has 1 aromatic carbocycles. The van der Waals surface area contributed by atoms with Crippen LogP contribution < -0.4 is 15.2 Å². The van der Waals surface area contributed by atoms with E-state index >= 15 is 0 Å². The zero-order chi connectivity index (χ0) is 29.4. The van der Waals surface area contributed by atoms with E-state index in [1.807, 2.05) is 48.5 Å². The van der Waals surface area contributed by atoms with Crippen LogP contribution in [0.4, 0.5) is 0 Å². The van der Waals surface area contributed by atoms with Crippen LogP contribution >= 0.6 is 0 Å². The summed E-state index contributed by atoms with van der Waals surface area (Å²) in [6, 6.07) is 3.19. The van der Waals surface area contributed by atoms with Crippen LogP contribution in [-0.2, 0) is 23.9 Å². The van der Waals surface area contributed by atoms with Crippen molar-refractivity contribution < 1.29 is 38.5 Å². The number of aliphatic carboxylic acids is 1. The molecule has 0 aromatic heterocycles. The first-order chi connectivity index (χ1) is 17.3. The van der Waals surface area contributed by atoms with Crippen molar-refractivity contribution in [1.29, 1.82) is 0 Å². The number of carbonyl (C=O) groups is 4. The fourth-order valence-electron chi connectivity index (χ4n) is 3.94. The summed E-state index contributed by atoms with van der Waals surface area (Å²) in [5, 5.41) is 9.75. The van der Waals surface area contributed by atoms with E-state index in [0.29, 0.717) is 12.0 Å². The number of esters is 3. The molecule has 9 heteroatoms. The highest BCUT2D eigenvalue weighted by Crippen LogP contribution is 2.38. The van der Waals surface area contributed by atoms with Crippen LogP contribution in [0.5, 0.6) is 11.5 Å².